The maximum atomic E-state index is 12.6. The van der Waals surface area contributed by atoms with Crippen LogP contribution in [0.2, 0.25) is 0 Å². The molecule has 0 atom stereocenters. The molecule has 0 unspecified atom stereocenters. The van der Waals surface area contributed by atoms with Gasteiger partial charge in [0.2, 0.25) is 5.91 Å². The summed E-state index contributed by atoms with van der Waals surface area (Å²) in [6.07, 6.45) is 0. The molecule has 0 bridgehead atoms. The van der Waals surface area contributed by atoms with Crippen molar-refractivity contribution in [2.24, 2.45) is 0 Å². The van der Waals surface area contributed by atoms with Gasteiger partial charge in [0.1, 0.15) is 5.75 Å². The number of hydrogen-bond acceptors (Lipinski definition) is 5. The number of carbonyl (C=O) groups is 2. The van der Waals surface area contributed by atoms with Crippen LogP contribution in [0, 0.1) is 0 Å². The van der Waals surface area contributed by atoms with Crippen LogP contribution in [0.5, 0.6) is 5.75 Å². The first-order chi connectivity index (χ1) is 13.7. The van der Waals surface area contributed by atoms with Gasteiger partial charge in [-0.1, -0.05) is 6.07 Å². The molecule has 0 saturated carbocycles. The zero-order chi connectivity index (χ0) is 19.8. The van der Waals surface area contributed by atoms with E-state index in [-0.39, 0.29) is 18.4 Å². The van der Waals surface area contributed by atoms with Crippen molar-refractivity contribution in [1.82, 2.24) is 4.90 Å². The summed E-state index contributed by atoms with van der Waals surface area (Å²) in [5, 5.41) is 5.89. The van der Waals surface area contributed by atoms with E-state index in [2.05, 4.69) is 10.6 Å². The molecule has 1 aliphatic heterocycles. The predicted molar refractivity (Wildman–Crippen MR) is 108 cm³/mol. The molecule has 0 radical (unpaired) electrons. The van der Waals surface area contributed by atoms with Gasteiger partial charge in [-0.3, -0.25) is 9.59 Å². The molecular formula is C21H25N3O4. The molecule has 2 amide bonds. The third-order valence-corrected chi connectivity index (χ3v) is 4.31. The Morgan fingerprint density at radius 1 is 1.07 bits per heavy atom. The molecule has 0 spiro atoms. The van der Waals surface area contributed by atoms with Gasteiger partial charge in [0.15, 0.2) is 0 Å². The second-order valence-electron chi connectivity index (χ2n) is 6.34. The summed E-state index contributed by atoms with van der Waals surface area (Å²) in [6, 6.07) is 14.4. The van der Waals surface area contributed by atoms with Gasteiger partial charge in [0.05, 0.1) is 26.4 Å². The minimum Gasteiger partial charge on any atom is -0.494 e. The van der Waals surface area contributed by atoms with E-state index in [1.807, 2.05) is 31.2 Å². The van der Waals surface area contributed by atoms with Crippen LogP contribution in [0.1, 0.15) is 17.3 Å². The van der Waals surface area contributed by atoms with E-state index in [9.17, 15) is 9.59 Å². The Morgan fingerprint density at radius 3 is 2.54 bits per heavy atom. The normalized spacial score (nSPS) is 13.7. The number of hydrogen-bond donors (Lipinski definition) is 2. The van der Waals surface area contributed by atoms with Crippen molar-refractivity contribution in [2.45, 2.75) is 6.92 Å². The maximum absolute atomic E-state index is 12.6. The zero-order valence-electron chi connectivity index (χ0n) is 15.9. The van der Waals surface area contributed by atoms with E-state index in [1.165, 1.54) is 0 Å². The Morgan fingerprint density at radius 2 is 1.82 bits per heavy atom. The number of carbonyl (C=O) groups excluding carboxylic acids is 2. The number of nitrogens with zero attached hydrogens (tertiary/aromatic N) is 1. The Balaban J connectivity index is 1.53. The van der Waals surface area contributed by atoms with Gasteiger partial charge in [-0.05, 0) is 49.4 Å². The third-order valence-electron chi connectivity index (χ3n) is 4.31. The Bertz CT molecular complexity index is 802. The van der Waals surface area contributed by atoms with E-state index in [0.29, 0.717) is 44.2 Å². The van der Waals surface area contributed by atoms with Crippen LogP contribution in [0.25, 0.3) is 0 Å². The van der Waals surface area contributed by atoms with Crippen molar-refractivity contribution >= 4 is 23.2 Å². The van der Waals surface area contributed by atoms with Crippen molar-refractivity contribution in [3.05, 3.63) is 54.1 Å². The van der Waals surface area contributed by atoms with Crippen LogP contribution in [0.4, 0.5) is 11.4 Å². The molecule has 2 N–H and O–H groups in total. The van der Waals surface area contributed by atoms with Crippen LogP contribution in [-0.2, 0) is 9.53 Å². The Kier molecular flexibility index (Phi) is 6.86. The number of amides is 2. The summed E-state index contributed by atoms with van der Waals surface area (Å²) in [5.74, 6) is 0.552. The average Bonchev–Trinajstić information content (AvgIpc) is 2.74. The minimum atomic E-state index is -0.190. The topological polar surface area (TPSA) is 79.9 Å². The van der Waals surface area contributed by atoms with Gasteiger partial charge in [0, 0.05) is 30.0 Å². The van der Waals surface area contributed by atoms with Crippen LogP contribution in [0.3, 0.4) is 0 Å². The highest BCUT2D eigenvalue weighted by atomic mass is 16.5. The number of morpholine rings is 1. The Labute approximate surface area is 164 Å². The summed E-state index contributed by atoms with van der Waals surface area (Å²) < 4.78 is 10.7. The van der Waals surface area contributed by atoms with Crippen LogP contribution in [-0.4, -0.2) is 56.2 Å². The fourth-order valence-electron chi connectivity index (χ4n) is 2.90. The van der Waals surface area contributed by atoms with Crippen LogP contribution >= 0.6 is 0 Å². The summed E-state index contributed by atoms with van der Waals surface area (Å²) in [4.78, 5) is 26.5. The van der Waals surface area contributed by atoms with Gasteiger partial charge in [-0.15, -0.1) is 0 Å². The van der Waals surface area contributed by atoms with Crippen molar-refractivity contribution in [3.63, 3.8) is 0 Å². The number of ether oxygens (including phenoxy) is 2. The predicted octanol–water partition coefficient (Wildman–Crippen LogP) is 2.61. The second kappa shape index (κ2) is 9.75. The lowest BCUT2D eigenvalue weighted by atomic mass is 10.1. The summed E-state index contributed by atoms with van der Waals surface area (Å²) in [6.45, 7) is 4.94. The summed E-state index contributed by atoms with van der Waals surface area (Å²) in [5.41, 5.74) is 1.98. The lowest BCUT2D eigenvalue weighted by Crippen LogP contribution is -2.40. The fourth-order valence-corrected chi connectivity index (χ4v) is 2.90. The first-order valence-corrected chi connectivity index (χ1v) is 9.39. The number of anilines is 2. The van der Waals surface area contributed by atoms with Gasteiger partial charge in [0.25, 0.3) is 5.91 Å². The summed E-state index contributed by atoms with van der Waals surface area (Å²) >= 11 is 0. The molecule has 28 heavy (non-hydrogen) atoms. The minimum absolute atomic E-state index is 0.0492. The van der Waals surface area contributed by atoms with Gasteiger partial charge in [-0.2, -0.15) is 0 Å². The SMILES string of the molecule is CCOc1ccc(NCC(=O)Nc2cccc(C(=O)N3CCOCC3)c2)cc1. The molecule has 1 heterocycles. The lowest BCUT2D eigenvalue weighted by Gasteiger charge is -2.27. The first kappa shape index (κ1) is 19.7. The molecule has 3 rings (SSSR count). The monoisotopic (exact) mass is 383 g/mol. The van der Waals surface area contributed by atoms with Crippen molar-refractivity contribution in [1.29, 1.82) is 0 Å². The molecule has 2 aromatic rings. The molecule has 1 saturated heterocycles. The number of rotatable bonds is 7. The van der Waals surface area contributed by atoms with Crippen LogP contribution < -0.4 is 15.4 Å². The molecule has 7 nitrogen and oxygen atoms in total. The number of benzene rings is 2. The second-order valence-corrected chi connectivity index (χ2v) is 6.34. The molecule has 1 aliphatic rings. The molecule has 0 aliphatic carbocycles. The zero-order valence-corrected chi connectivity index (χ0v) is 15.9. The van der Waals surface area contributed by atoms with Gasteiger partial charge < -0.3 is 25.0 Å². The Hall–Kier alpha value is -3.06. The molecular weight excluding hydrogens is 358 g/mol. The van der Waals surface area contributed by atoms with Crippen molar-refractivity contribution < 1.29 is 19.1 Å². The highest BCUT2D eigenvalue weighted by Crippen LogP contribution is 2.16. The highest BCUT2D eigenvalue weighted by Gasteiger charge is 2.18. The number of nitrogens with one attached hydrogen (secondary N) is 2. The van der Waals surface area contributed by atoms with Crippen molar-refractivity contribution in [2.75, 3.05) is 50.1 Å². The molecule has 2 aromatic carbocycles. The van der Waals surface area contributed by atoms with Gasteiger partial charge in [-0.25, -0.2) is 0 Å². The van der Waals surface area contributed by atoms with Gasteiger partial charge >= 0.3 is 0 Å². The maximum Gasteiger partial charge on any atom is 0.254 e. The van der Waals surface area contributed by atoms with E-state index < -0.39 is 0 Å². The van der Waals surface area contributed by atoms with Crippen LogP contribution in [0.15, 0.2) is 48.5 Å². The third kappa shape index (κ3) is 5.47. The summed E-state index contributed by atoms with van der Waals surface area (Å²) in [7, 11) is 0. The average molecular weight is 383 g/mol. The standard InChI is InChI=1S/C21H25N3O4/c1-2-28-19-8-6-17(7-9-19)22-15-20(25)23-18-5-3-4-16(14-18)21(26)24-10-12-27-13-11-24/h3-9,14,22H,2,10-13,15H2,1H3,(H,23,25). The largest absolute Gasteiger partial charge is 0.494 e. The first-order valence-electron chi connectivity index (χ1n) is 9.39. The molecule has 148 valence electrons. The van der Waals surface area contributed by atoms with E-state index >= 15 is 0 Å². The van der Waals surface area contributed by atoms with Crippen molar-refractivity contribution in [3.8, 4) is 5.75 Å². The quantitative estimate of drug-likeness (QED) is 0.768. The lowest BCUT2D eigenvalue weighted by molar-refractivity contribution is -0.114. The molecule has 1 fully saturated rings. The molecule has 7 heteroatoms. The highest BCUT2D eigenvalue weighted by molar-refractivity contribution is 5.98. The van der Waals surface area contributed by atoms with E-state index in [1.54, 1.807) is 29.2 Å². The van der Waals surface area contributed by atoms with E-state index in [0.717, 1.165) is 11.4 Å². The smallest absolute Gasteiger partial charge is 0.254 e. The fraction of sp³-hybridized carbons (Fsp3) is 0.333. The molecule has 0 aromatic heterocycles. The van der Waals surface area contributed by atoms with E-state index in [4.69, 9.17) is 9.47 Å².